The van der Waals surface area contributed by atoms with Gasteiger partial charge in [0.05, 0.1) is 6.20 Å². The molecule has 1 aromatic heterocycles. The van der Waals surface area contributed by atoms with Gasteiger partial charge >= 0.3 is 0 Å². The average Bonchev–Trinajstić information content (AvgIpc) is 2.53. The van der Waals surface area contributed by atoms with Crippen LogP contribution in [0, 0.1) is 11.3 Å². The highest BCUT2D eigenvalue weighted by molar-refractivity contribution is 7.98. The second-order valence-corrected chi connectivity index (χ2v) is 4.50. The zero-order valence-corrected chi connectivity index (χ0v) is 8.54. The largest absolute Gasteiger partial charge is 0.247 e. The van der Waals surface area contributed by atoms with Crippen molar-refractivity contribution in [2.75, 3.05) is 5.75 Å². The van der Waals surface area contributed by atoms with E-state index < -0.39 is 0 Å². The molecule has 0 spiro atoms. The van der Waals surface area contributed by atoms with Crippen LogP contribution in [0.1, 0.15) is 23.2 Å². The third-order valence-corrected chi connectivity index (χ3v) is 3.50. The summed E-state index contributed by atoms with van der Waals surface area (Å²) in [7, 11) is 0. The van der Waals surface area contributed by atoms with Crippen molar-refractivity contribution in [1.82, 2.24) is 4.98 Å². The van der Waals surface area contributed by atoms with Crippen molar-refractivity contribution in [2.45, 2.75) is 19.1 Å². The Morgan fingerprint density at radius 1 is 1.75 bits per heavy atom. The van der Waals surface area contributed by atoms with E-state index in [1.165, 1.54) is 23.5 Å². The average molecular weight is 198 g/mol. The van der Waals surface area contributed by atoms with Crippen LogP contribution in [0.4, 0.5) is 0 Å². The number of thioether (sulfide) groups is 1. The van der Waals surface area contributed by atoms with Crippen LogP contribution >= 0.6 is 23.1 Å². The van der Waals surface area contributed by atoms with Gasteiger partial charge < -0.3 is 0 Å². The zero-order valence-electron chi connectivity index (χ0n) is 6.91. The fourth-order valence-corrected chi connectivity index (χ4v) is 2.41. The summed E-state index contributed by atoms with van der Waals surface area (Å²) in [5.74, 6) is 2.11. The molecule has 64 valence electrons. The number of aromatic nitrogens is 1. The van der Waals surface area contributed by atoms with Gasteiger partial charge in [0, 0.05) is 5.75 Å². The number of nitrogens with zero attached hydrogens (tertiary/aromatic N) is 2. The molecule has 0 saturated heterocycles. The Morgan fingerprint density at radius 2 is 2.58 bits per heavy atom. The smallest absolute Gasteiger partial charge is 0.124 e. The van der Waals surface area contributed by atoms with Crippen molar-refractivity contribution in [3.8, 4) is 6.07 Å². The molecule has 1 heterocycles. The number of hydrogen-bond acceptors (Lipinski definition) is 4. The fraction of sp³-hybridized carbons (Fsp3) is 0.500. The molecule has 0 amide bonds. The van der Waals surface area contributed by atoms with Crippen LogP contribution in [0.3, 0.4) is 0 Å². The Kier molecular flexibility index (Phi) is 4.12. The molecule has 4 heteroatoms. The van der Waals surface area contributed by atoms with E-state index >= 15 is 0 Å². The molecule has 0 saturated carbocycles. The summed E-state index contributed by atoms with van der Waals surface area (Å²) < 4.78 is 0. The first-order valence-corrected chi connectivity index (χ1v) is 5.76. The number of thiazole rings is 1. The molecule has 0 aliphatic heterocycles. The van der Waals surface area contributed by atoms with Gasteiger partial charge in [-0.15, -0.1) is 11.3 Å². The van der Waals surface area contributed by atoms with Crippen LogP contribution in [0.5, 0.6) is 0 Å². The minimum Gasteiger partial charge on any atom is -0.247 e. The van der Waals surface area contributed by atoms with Crippen LogP contribution in [0.15, 0.2) is 6.20 Å². The van der Waals surface area contributed by atoms with Crippen LogP contribution in [-0.4, -0.2) is 10.7 Å². The normalized spacial score (nSPS) is 9.67. The third-order valence-electron chi connectivity index (χ3n) is 1.24. The molecular weight excluding hydrogens is 188 g/mol. The van der Waals surface area contributed by atoms with Crippen molar-refractivity contribution >= 4 is 23.1 Å². The van der Waals surface area contributed by atoms with E-state index in [2.05, 4.69) is 18.0 Å². The minimum absolute atomic E-state index is 0.710. The van der Waals surface area contributed by atoms with Gasteiger partial charge in [-0.3, -0.25) is 0 Å². The molecule has 12 heavy (non-hydrogen) atoms. The summed E-state index contributed by atoms with van der Waals surface area (Å²) in [6.07, 6.45) is 2.84. The lowest BCUT2D eigenvalue weighted by atomic mass is 10.6. The van der Waals surface area contributed by atoms with Gasteiger partial charge in [0.1, 0.15) is 16.0 Å². The highest BCUT2D eigenvalue weighted by atomic mass is 32.2. The van der Waals surface area contributed by atoms with E-state index in [1.54, 1.807) is 6.20 Å². The lowest BCUT2D eigenvalue weighted by Gasteiger charge is -1.93. The lowest BCUT2D eigenvalue weighted by Crippen LogP contribution is -1.78. The predicted octanol–water partition coefficient (Wildman–Crippen LogP) is 2.66. The highest BCUT2D eigenvalue weighted by Crippen LogP contribution is 2.18. The monoisotopic (exact) mass is 198 g/mol. The fourth-order valence-electron chi connectivity index (χ4n) is 0.732. The Morgan fingerprint density at radius 3 is 3.17 bits per heavy atom. The summed E-state index contributed by atoms with van der Waals surface area (Å²) >= 11 is 3.36. The van der Waals surface area contributed by atoms with E-state index in [1.807, 2.05) is 11.8 Å². The SMILES string of the molecule is CCCSCc1ncc(C#N)s1. The van der Waals surface area contributed by atoms with Gasteiger partial charge in [-0.05, 0) is 12.2 Å². The van der Waals surface area contributed by atoms with Crippen molar-refractivity contribution in [3.05, 3.63) is 16.1 Å². The van der Waals surface area contributed by atoms with Crippen LogP contribution in [0.2, 0.25) is 0 Å². The van der Waals surface area contributed by atoms with Crippen molar-refractivity contribution in [1.29, 1.82) is 5.26 Å². The molecule has 0 aliphatic rings. The lowest BCUT2D eigenvalue weighted by molar-refractivity contribution is 1.10. The molecule has 0 aliphatic carbocycles. The molecule has 0 N–H and O–H groups in total. The molecule has 2 nitrogen and oxygen atoms in total. The zero-order chi connectivity index (χ0) is 8.81. The van der Waals surface area contributed by atoms with E-state index in [0.717, 1.165) is 10.8 Å². The van der Waals surface area contributed by atoms with Gasteiger partial charge in [0.15, 0.2) is 0 Å². The quantitative estimate of drug-likeness (QED) is 0.698. The van der Waals surface area contributed by atoms with E-state index in [0.29, 0.717) is 4.88 Å². The van der Waals surface area contributed by atoms with Gasteiger partial charge in [-0.25, -0.2) is 4.98 Å². The molecule has 0 aromatic carbocycles. The molecule has 0 fully saturated rings. The van der Waals surface area contributed by atoms with E-state index in [-0.39, 0.29) is 0 Å². The molecule has 0 bridgehead atoms. The van der Waals surface area contributed by atoms with Gasteiger partial charge in [0.25, 0.3) is 0 Å². The van der Waals surface area contributed by atoms with Gasteiger partial charge in [-0.1, -0.05) is 6.92 Å². The summed E-state index contributed by atoms with van der Waals surface area (Å²) in [5.41, 5.74) is 0. The third kappa shape index (κ3) is 2.84. The maximum Gasteiger partial charge on any atom is 0.124 e. The molecule has 0 unspecified atom stereocenters. The van der Waals surface area contributed by atoms with Crippen molar-refractivity contribution in [3.63, 3.8) is 0 Å². The first-order chi connectivity index (χ1) is 5.86. The van der Waals surface area contributed by atoms with E-state index in [9.17, 15) is 0 Å². The number of nitriles is 1. The standard InChI is InChI=1S/C8H10N2S2/c1-2-3-11-6-8-10-5-7(4-9)12-8/h5H,2-3,6H2,1H3. The molecule has 1 rings (SSSR count). The summed E-state index contributed by atoms with van der Waals surface area (Å²) in [6.45, 7) is 2.16. The molecule has 0 radical (unpaired) electrons. The predicted molar refractivity (Wildman–Crippen MR) is 53.3 cm³/mol. The summed E-state index contributed by atoms with van der Waals surface area (Å²) in [4.78, 5) is 4.84. The first-order valence-electron chi connectivity index (χ1n) is 3.79. The Balaban J connectivity index is 2.38. The summed E-state index contributed by atoms with van der Waals surface area (Å²) in [5, 5.41) is 9.60. The Hall–Kier alpha value is -0.530. The first kappa shape index (κ1) is 9.56. The second kappa shape index (κ2) is 5.18. The van der Waals surface area contributed by atoms with Crippen LogP contribution < -0.4 is 0 Å². The Bertz CT molecular complexity index is 275. The molecule has 0 atom stereocenters. The van der Waals surface area contributed by atoms with Crippen molar-refractivity contribution in [2.24, 2.45) is 0 Å². The van der Waals surface area contributed by atoms with E-state index in [4.69, 9.17) is 5.26 Å². The molecule has 1 aromatic rings. The van der Waals surface area contributed by atoms with Gasteiger partial charge in [0.2, 0.25) is 0 Å². The topological polar surface area (TPSA) is 36.7 Å². The second-order valence-electron chi connectivity index (χ2n) is 2.28. The highest BCUT2D eigenvalue weighted by Gasteiger charge is 1.99. The number of rotatable bonds is 4. The van der Waals surface area contributed by atoms with Crippen molar-refractivity contribution < 1.29 is 0 Å². The number of hydrogen-bond donors (Lipinski definition) is 0. The van der Waals surface area contributed by atoms with Crippen LogP contribution in [-0.2, 0) is 5.75 Å². The minimum atomic E-state index is 0.710. The van der Waals surface area contributed by atoms with Crippen LogP contribution in [0.25, 0.3) is 0 Å². The molecular formula is C8H10N2S2. The van der Waals surface area contributed by atoms with Gasteiger partial charge in [-0.2, -0.15) is 17.0 Å². The maximum atomic E-state index is 8.54. The Labute approximate surface area is 80.6 Å². The maximum absolute atomic E-state index is 8.54. The summed E-state index contributed by atoms with van der Waals surface area (Å²) in [6, 6.07) is 2.08.